The van der Waals surface area contributed by atoms with Crippen molar-refractivity contribution in [2.45, 2.75) is 19.9 Å². The second kappa shape index (κ2) is 9.54. The Hall–Kier alpha value is -4.26. The fraction of sp³-hybridized carbons (Fsp3) is 0.214. The van der Waals surface area contributed by atoms with E-state index in [1.165, 1.54) is 19.1 Å². The highest BCUT2D eigenvalue weighted by molar-refractivity contribution is 6.51. The Kier molecular flexibility index (Phi) is 6.51. The number of ketones is 1. The van der Waals surface area contributed by atoms with Crippen LogP contribution < -0.4 is 19.1 Å². The summed E-state index contributed by atoms with van der Waals surface area (Å²) in [6, 6.07) is 16.7. The van der Waals surface area contributed by atoms with E-state index in [2.05, 4.69) is 0 Å². The zero-order chi connectivity index (χ0) is 25.3. The van der Waals surface area contributed by atoms with Gasteiger partial charge < -0.3 is 19.3 Å². The van der Waals surface area contributed by atoms with Gasteiger partial charge in [0.1, 0.15) is 11.5 Å². The lowest BCUT2D eigenvalue weighted by Crippen LogP contribution is -2.30. The van der Waals surface area contributed by atoms with Gasteiger partial charge in [-0.05, 0) is 61.4 Å². The first kappa shape index (κ1) is 23.9. The van der Waals surface area contributed by atoms with Gasteiger partial charge in [-0.2, -0.15) is 0 Å². The molecule has 35 heavy (non-hydrogen) atoms. The van der Waals surface area contributed by atoms with Gasteiger partial charge in [0.25, 0.3) is 11.7 Å². The van der Waals surface area contributed by atoms with E-state index in [1.54, 1.807) is 49.6 Å². The average molecular weight is 474 g/mol. The number of carbonyl (C=O) groups excluding carboxylic acids is 2. The fourth-order valence-corrected chi connectivity index (χ4v) is 4.42. The maximum absolute atomic E-state index is 13.4. The number of aliphatic hydroxyl groups is 1. The molecular weight excluding hydrogens is 446 g/mol. The van der Waals surface area contributed by atoms with E-state index in [9.17, 15) is 14.7 Å². The first-order valence-corrected chi connectivity index (χ1v) is 11.0. The quantitative estimate of drug-likeness (QED) is 0.310. The summed E-state index contributed by atoms with van der Waals surface area (Å²) in [4.78, 5) is 28.3. The maximum atomic E-state index is 13.4. The van der Waals surface area contributed by atoms with Crippen LogP contribution in [0.3, 0.4) is 0 Å². The molecule has 0 radical (unpaired) electrons. The number of hydrogen-bond acceptors (Lipinski definition) is 6. The number of ether oxygens (including phenoxy) is 3. The third kappa shape index (κ3) is 4.21. The monoisotopic (exact) mass is 473 g/mol. The first-order valence-electron chi connectivity index (χ1n) is 11.0. The van der Waals surface area contributed by atoms with Gasteiger partial charge in [0.2, 0.25) is 0 Å². The molecule has 1 atom stereocenters. The Labute approximate surface area is 204 Å². The van der Waals surface area contributed by atoms with Crippen LogP contribution in [-0.2, 0) is 9.59 Å². The fourth-order valence-electron chi connectivity index (χ4n) is 4.42. The standard InChI is InChI=1S/C28H27NO6/c1-16-9-11-21(17(2)13-16)29-25(18-7-6-8-20(14-18)33-3)24(27(31)28(29)32)26(30)19-10-12-22(34-4)23(15-19)35-5/h6-15,25,30H,1-5H3/b26-24+. The number of aryl methyl sites for hydroxylation is 2. The normalized spacial score (nSPS) is 16.9. The molecule has 3 aromatic rings. The molecule has 1 amide bonds. The summed E-state index contributed by atoms with van der Waals surface area (Å²) >= 11 is 0. The molecule has 1 heterocycles. The predicted octanol–water partition coefficient (Wildman–Crippen LogP) is 4.96. The Morgan fingerprint density at radius 3 is 2.26 bits per heavy atom. The van der Waals surface area contributed by atoms with Gasteiger partial charge in [-0.1, -0.05) is 29.8 Å². The van der Waals surface area contributed by atoms with Crippen molar-refractivity contribution in [1.82, 2.24) is 0 Å². The number of aliphatic hydroxyl groups excluding tert-OH is 1. The molecule has 1 unspecified atom stereocenters. The lowest BCUT2D eigenvalue weighted by molar-refractivity contribution is -0.132. The Morgan fingerprint density at radius 1 is 0.857 bits per heavy atom. The largest absolute Gasteiger partial charge is 0.507 e. The van der Waals surface area contributed by atoms with Crippen LogP contribution in [0.4, 0.5) is 5.69 Å². The molecule has 180 valence electrons. The lowest BCUT2D eigenvalue weighted by atomic mass is 9.94. The number of benzene rings is 3. The second-order valence-corrected chi connectivity index (χ2v) is 8.31. The number of nitrogens with zero attached hydrogens (tertiary/aromatic N) is 1. The summed E-state index contributed by atoms with van der Waals surface area (Å²) in [6.45, 7) is 3.85. The number of anilines is 1. The highest BCUT2D eigenvalue weighted by atomic mass is 16.5. The van der Waals surface area contributed by atoms with Crippen molar-refractivity contribution in [3.63, 3.8) is 0 Å². The van der Waals surface area contributed by atoms with E-state index in [0.29, 0.717) is 34.1 Å². The van der Waals surface area contributed by atoms with Gasteiger partial charge in [-0.25, -0.2) is 0 Å². The molecule has 3 aromatic carbocycles. The first-order chi connectivity index (χ1) is 16.8. The Balaban J connectivity index is 1.97. The molecule has 1 fully saturated rings. The minimum absolute atomic E-state index is 0.0181. The van der Waals surface area contributed by atoms with Crippen LogP contribution in [0, 0.1) is 13.8 Å². The number of rotatable bonds is 6. The minimum atomic E-state index is -0.861. The Morgan fingerprint density at radius 2 is 1.60 bits per heavy atom. The highest BCUT2D eigenvalue weighted by Gasteiger charge is 2.47. The van der Waals surface area contributed by atoms with Crippen LogP contribution in [-0.4, -0.2) is 38.1 Å². The Bertz CT molecular complexity index is 1340. The molecule has 0 aliphatic carbocycles. The van der Waals surface area contributed by atoms with Crippen molar-refractivity contribution in [3.8, 4) is 17.2 Å². The SMILES string of the molecule is COc1cccc(C2/C(=C(\O)c3ccc(OC)c(OC)c3)C(=O)C(=O)N2c2ccc(C)cc2C)c1. The van der Waals surface area contributed by atoms with E-state index in [-0.39, 0.29) is 11.3 Å². The van der Waals surface area contributed by atoms with Crippen molar-refractivity contribution in [2.24, 2.45) is 0 Å². The van der Waals surface area contributed by atoms with Gasteiger partial charge in [-0.15, -0.1) is 0 Å². The number of Topliss-reactive ketones (excluding diaryl/α,β-unsaturated/α-hetero) is 1. The number of methoxy groups -OCH3 is 3. The van der Waals surface area contributed by atoms with Gasteiger partial charge in [0, 0.05) is 11.3 Å². The van der Waals surface area contributed by atoms with Gasteiger partial charge in [0.05, 0.1) is 32.9 Å². The van der Waals surface area contributed by atoms with Gasteiger partial charge >= 0.3 is 0 Å². The minimum Gasteiger partial charge on any atom is -0.507 e. The smallest absolute Gasteiger partial charge is 0.300 e. The van der Waals surface area contributed by atoms with Crippen LogP contribution in [0.5, 0.6) is 17.2 Å². The highest BCUT2D eigenvalue weighted by Crippen LogP contribution is 2.44. The maximum Gasteiger partial charge on any atom is 0.300 e. The van der Waals surface area contributed by atoms with Crippen LogP contribution in [0.15, 0.2) is 66.2 Å². The van der Waals surface area contributed by atoms with Crippen LogP contribution in [0.25, 0.3) is 5.76 Å². The summed E-state index contributed by atoms with van der Waals surface area (Å²) in [7, 11) is 4.54. The second-order valence-electron chi connectivity index (χ2n) is 8.31. The van der Waals surface area contributed by atoms with Crippen molar-refractivity contribution < 1.29 is 28.9 Å². The van der Waals surface area contributed by atoms with Crippen molar-refractivity contribution in [2.75, 3.05) is 26.2 Å². The van der Waals surface area contributed by atoms with E-state index >= 15 is 0 Å². The van der Waals surface area contributed by atoms with E-state index in [0.717, 1.165) is 11.1 Å². The van der Waals surface area contributed by atoms with E-state index < -0.39 is 17.7 Å². The molecule has 7 heteroatoms. The number of carbonyl (C=O) groups is 2. The average Bonchev–Trinajstić information content (AvgIpc) is 3.13. The summed E-state index contributed by atoms with van der Waals surface area (Å²) < 4.78 is 16.0. The van der Waals surface area contributed by atoms with E-state index in [1.807, 2.05) is 32.0 Å². The molecule has 0 aromatic heterocycles. The van der Waals surface area contributed by atoms with Crippen molar-refractivity contribution in [3.05, 3.63) is 88.5 Å². The molecule has 1 aliphatic heterocycles. The lowest BCUT2D eigenvalue weighted by Gasteiger charge is -2.27. The molecule has 0 bridgehead atoms. The van der Waals surface area contributed by atoms with Crippen molar-refractivity contribution in [1.29, 1.82) is 0 Å². The molecule has 0 spiro atoms. The zero-order valence-corrected chi connectivity index (χ0v) is 20.3. The molecule has 4 rings (SSSR count). The number of amides is 1. The summed E-state index contributed by atoms with van der Waals surface area (Å²) in [5, 5.41) is 11.4. The van der Waals surface area contributed by atoms with E-state index in [4.69, 9.17) is 14.2 Å². The zero-order valence-electron chi connectivity index (χ0n) is 20.3. The molecule has 1 saturated heterocycles. The van der Waals surface area contributed by atoms with Crippen LogP contribution >= 0.6 is 0 Å². The van der Waals surface area contributed by atoms with Gasteiger partial charge in [0.15, 0.2) is 11.5 Å². The summed E-state index contributed by atoms with van der Waals surface area (Å²) in [5.74, 6) is -0.358. The predicted molar refractivity (Wildman–Crippen MR) is 133 cm³/mol. The molecule has 1 N–H and O–H groups in total. The number of hydrogen-bond donors (Lipinski definition) is 1. The van der Waals surface area contributed by atoms with Gasteiger partial charge in [-0.3, -0.25) is 14.5 Å². The summed E-state index contributed by atoms with van der Waals surface area (Å²) in [5.41, 5.74) is 3.41. The van der Waals surface area contributed by atoms with Crippen LogP contribution in [0.1, 0.15) is 28.3 Å². The third-order valence-corrected chi connectivity index (χ3v) is 6.12. The molecule has 7 nitrogen and oxygen atoms in total. The topological polar surface area (TPSA) is 85.3 Å². The molecule has 0 saturated carbocycles. The molecular formula is C28H27NO6. The molecule has 1 aliphatic rings. The summed E-state index contributed by atoms with van der Waals surface area (Å²) in [6.07, 6.45) is 0. The third-order valence-electron chi connectivity index (χ3n) is 6.12. The van der Waals surface area contributed by atoms with Crippen LogP contribution in [0.2, 0.25) is 0 Å². The van der Waals surface area contributed by atoms with Crippen molar-refractivity contribution >= 4 is 23.1 Å².